The minimum atomic E-state index is -0.781. The zero-order chi connectivity index (χ0) is 13.9. The molecule has 108 valence electrons. The molecule has 0 amide bonds. The van der Waals surface area contributed by atoms with Crippen LogP contribution in [0.3, 0.4) is 0 Å². The lowest BCUT2D eigenvalue weighted by atomic mass is 9.58. The van der Waals surface area contributed by atoms with E-state index in [0.29, 0.717) is 11.8 Å². The highest BCUT2D eigenvalue weighted by molar-refractivity contribution is 5.96. The number of allylic oxidation sites excluding steroid dienone is 2. The Kier molecular flexibility index (Phi) is 2.76. The van der Waals surface area contributed by atoms with Gasteiger partial charge in [-0.15, -0.1) is 0 Å². The first kappa shape index (κ1) is 12.8. The molecule has 1 unspecified atom stereocenters. The fourth-order valence-corrected chi connectivity index (χ4v) is 5.51. The van der Waals surface area contributed by atoms with E-state index in [2.05, 4.69) is 6.92 Å². The molecule has 0 radical (unpaired) electrons. The molecule has 0 aromatic rings. The van der Waals surface area contributed by atoms with Gasteiger partial charge in [-0.05, 0) is 73.0 Å². The van der Waals surface area contributed by atoms with Crippen LogP contribution in [0.5, 0.6) is 0 Å². The van der Waals surface area contributed by atoms with Crippen LogP contribution in [0.25, 0.3) is 0 Å². The van der Waals surface area contributed by atoms with E-state index in [1.807, 2.05) is 0 Å². The highest BCUT2D eigenvalue weighted by atomic mass is 16.3. The fourth-order valence-electron chi connectivity index (χ4n) is 5.51. The summed E-state index contributed by atoms with van der Waals surface area (Å²) in [5.74, 6) is 1.52. The predicted molar refractivity (Wildman–Crippen MR) is 78.1 cm³/mol. The maximum Gasteiger partial charge on any atom is 0.184 e. The van der Waals surface area contributed by atoms with Crippen molar-refractivity contribution in [1.29, 1.82) is 0 Å². The van der Waals surface area contributed by atoms with Crippen molar-refractivity contribution in [3.05, 3.63) is 22.8 Å². The molecule has 20 heavy (non-hydrogen) atoms. The normalized spacial score (nSPS) is 43.8. The molecule has 0 spiro atoms. The Morgan fingerprint density at radius 2 is 2.10 bits per heavy atom. The Morgan fingerprint density at radius 3 is 2.95 bits per heavy atom. The molecule has 2 fully saturated rings. The van der Waals surface area contributed by atoms with E-state index in [1.165, 1.54) is 49.7 Å². The molecule has 4 aliphatic rings. The second-order valence-corrected chi connectivity index (χ2v) is 7.59. The van der Waals surface area contributed by atoms with Crippen molar-refractivity contribution in [2.45, 2.75) is 64.4 Å². The fraction of sp³-hybridized carbons (Fsp3) is 0.722. The molecule has 0 aliphatic heterocycles. The Bertz CT molecular complexity index is 528. The molecular weight excluding hydrogens is 248 g/mol. The summed E-state index contributed by atoms with van der Waals surface area (Å²) in [5.41, 5.74) is 4.79. The zero-order valence-corrected chi connectivity index (χ0v) is 12.3. The van der Waals surface area contributed by atoms with Gasteiger partial charge < -0.3 is 5.11 Å². The maximum atomic E-state index is 11.7. The smallest absolute Gasteiger partial charge is 0.184 e. The van der Waals surface area contributed by atoms with Crippen LogP contribution in [0, 0.1) is 17.3 Å². The molecule has 0 aromatic carbocycles. The number of hydrogen-bond acceptors (Lipinski definition) is 2. The van der Waals surface area contributed by atoms with Gasteiger partial charge in [0.2, 0.25) is 0 Å². The molecular formula is C18H24O2. The number of carbonyl (C=O) groups is 1. The van der Waals surface area contributed by atoms with Crippen molar-refractivity contribution in [2.75, 3.05) is 0 Å². The van der Waals surface area contributed by atoms with Gasteiger partial charge in [-0.25, -0.2) is 0 Å². The van der Waals surface area contributed by atoms with Crippen molar-refractivity contribution in [3.8, 4) is 0 Å². The Balaban J connectivity index is 1.75. The number of aliphatic hydroxyl groups is 1. The third-order valence-electron chi connectivity index (χ3n) is 6.60. The van der Waals surface area contributed by atoms with Gasteiger partial charge in [0, 0.05) is 6.42 Å². The summed E-state index contributed by atoms with van der Waals surface area (Å²) in [4.78, 5) is 11.7. The second kappa shape index (κ2) is 4.30. The average molecular weight is 272 g/mol. The first-order valence-electron chi connectivity index (χ1n) is 8.23. The van der Waals surface area contributed by atoms with Crippen LogP contribution >= 0.6 is 0 Å². The summed E-state index contributed by atoms with van der Waals surface area (Å²) in [6.07, 6.45) is 10.5. The van der Waals surface area contributed by atoms with Crippen LogP contribution in [0.2, 0.25) is 0 Å². The van der Waals surface area contributed by atoms with Gasteiger partial charge in [0.05, 0.1) is 0 Å². The lowest BCUT2D eigenvalue weighted by Crippen LogP contribution is -2.38. The van der Waals surface area contributed by atoms with Crippen molar-refractivity contribution in [3.63, 3.8) is 0 Å². The van der Waals surface area contributed by atoms with Gasteiger partial charge in [-0.3, -0.25) is 4.79 Å². The largest absolute Gasteiger partial charge is 0.385 e. The summed E-state index contributed by atoms with van der Waals surface area (Å²) in [6.45, 7) is 2.50. The highest BCUT2D eigenvalue weighted by Crippen LogP contribution is 2.59. The average Bonchev–Trinajstić information content (AvgIpc) is 2.82. The minimum Gasteiger partial charge on any atom is -0.385 e. The number of hydrogen-bond donors (Lipinski definition) is 1. The van der Waals surface area contributed by atoms with E-state index in [4.69, 9.17) is 0 Å². The Hall–Kier alpha value is -0.890. The lowest BCUT2D eigenvalue weighted by Gasteiger charge is -2.47. The molecule has 0 heterocycles. The number of fused-ring (bicyclic) bond motifs is 4. The van der Waals surface area contributed by atoms with Crippen molar-refractivity contribution < 1.29 is 9.90 Å². The van der Waals surface area contributed by atoms with Crippen LogP contribution in [0.1, 0.15) is 58.3 Å². The molecule has 1 N–H and O–H groups in total. The van der Waals surface area contributed by atoms with Crippen LogP contribution in [-0.4, -0.2) is 17.0 Å². The van der Waals surface area contributed by atoms with E-state index >= 15 is 0 Å². The second-order valence-electron chi connectivity index (χ2n) is 7.59. The van der Waals surface area contributed by atoms with Crippen LogP contribution in [0.15, 0.2) is 22.8 Å². The Labute approximate surface area is 120 Å². The van der Waals surface area contributed by atoms with Crippen molar-refractivity contribution in [2.24, 2.45) is 17.3 Å². The topological polar surface area (TPSA) is 37.3 Å². The minimum absolute atomic E-state index is 0.0793. The molecule has 4 rings (SSSR count). The molecule has 4 atom stereocenters. The molecule has 2 saturated carbocycles. The van der Waals surface area contributed by atoms with Gasteiger partial charge in [0.25, 0.3) is 0 Å². The third-order valence-corrected chi connectivity index (χ3v) is 6.60. The summed E-state index contributed by atoms with van der Waals surface area (Å²) in [7, 11) is 0. The number of carbonyl (C=O) groups excluding carboxylic acids is 1. The van der Waals surface area contributed by atoms with Gasteiger partial charge in [0.15, 0.2) is 5.78 Å². The van der Waals surface area contributed by atoms with E-state index in [-0.39, 0.29) is 5.78 Å². The number of ketones is 1. The van der Waals surface area contributed by atoms with Gasteiger partial charge in [-0.1, -0.05) is 18.9 Å². The molecule has 0 aromatic heterocycles. The summed E-state index contributed by atoms with van der Waals surface area (Å²) in [6, 6.07) is 0. The molecule has 0 saturated heterocycles. The standard InChI is InChI=1S/C18H24O2/c1-18-7-2-3-15(18)13-5-4-11-9-16(19)17(20)10-14(11)12(13)6-8-18/h9,13,15,17,20H,2-8,10H2,1H3/t13-,15+,17?,18+/m1/s1. The SMILES string of the molecule is C[C@@]12CCC[C@H]1[C@@H]1CCC3=CC(=O)C(O)CC3=C1CC2. The summed E-state index contributed by atoms with van der Waals surface area (Å²) >= 11 is 0. The van der Waals surface area contributed by atoms with Gasteiger partial charge in [-0.2, -0.15) is 0 Å². The quantitative estimate of drug-likeness (QED) is 0.732. The van der Waals surface area contributed by atoms with Gasteiger partial charge >= 0.3 is 0 Å². The van der Waals surface area contributed by atoms with E-state index in [0.717, 1.165) is 18.3 Å². The Morgan fingerprint density at radius 1 is 1.25 bits per heavy atom. The predicted octanol–water partition coefficient (Wildman–Crippen LogP) is 3.55. The van der Waals surface area contributed by atoms with Crippen molar-refractivity contribution in [1.82, 2.24) is 0 Å². The molecule has 4 aliphatic carbocycles. The zero-order valence-electron chi connectivity index (χ0n) is 12.3. The van der Waals surface area contributed by atoms with E-state index < -0.39 is 6.10 Å². The van der Waals surface area contributed by atoms with Crippen LogP contribution in [0.4, 0.5) is 0 Å². The molecule has 2 nitrogen and oxygen atoms in total. The first-order valence-corrected chi connectivity index (χ1v) is 8.23. The highest BCUT2D eigenvalue weighted by Gasteiger charge is 2.48. The lowest BCUT2D eigenvalue weighted by molar-refractivity contribution is -0.122. The van der Waals surface area contributed by atoms with E-state index in [9.17, 15) is 9.90 Å². The molecule has 0 bridgehead atoms. The number of aliphatic hydroxyl groups excluding tert-OH is 1. The molecule has 2 heteroatoms. The summed E-state index contributed by atoms with van der Waals surface area (Å²) in [5, 5.41) is 9.92. The van der Waals surface area contributed by atoms with E-state index in [1.54, 1.807) is 11.6 Å². The first-order chi connectivity index (χ1) is 9.58. The van der Waals surface area contributed by atoms with Gasteiger partial charge in [0.1, 0.15) is 6.10 Å². The van der Waals surface area contributed by atoms with Crippen LogP contribution < -0.4 is 0 Å². The van der Waals surface area contributed by atoms with Crippen LogP contribution in [-0.2, 0) is 4.79 Å². The maximum absolute atomic E-state index is 11.7. The summed E-state index contributed by atoms with van der Waals surface area (Å²) < 4.78 is 0. The monoisotopic (exact) mass is 272 g/mol. The van der Waals surface area contributed by atoms with Crippen molar-refractivity contribution >= 4 is 5.78 Å². The number of rotatable bonds is 0. The third kappa shape index (κ3) is 1.70.